The molecule has 3 atom stereocenters. The van der Waals surface area contributed by atoms with Crippen LogP contribution in [-0.4, -0.2) is 58.1 Å². The van der Waals surface area contributed by atoms with Crippen LogP contribution in [0.3, 0.4) is 0 Å². The van der Waals surface area contributed by atoms with E-state index in [-0.39, 0.29) is 29.0 Å². The van der Waals surface area contributed by atoms with Gasteiger partial charge in [-0.3, -0.25) is 9.36 Å². The number of hydrogen-bond acceptors (Lipinski definition) is 4. The van der Waals surface area contributed by atoms with E-state index < -0.39 is 17.7 Å². The third kappa shape index (κ3) is 5.96. The van der Waals surface area contributed by atoms with Crippen molar-refractivity contribution in [3.8, 4) is 11.3 Å². The van der Waals surface area contributed by atoms with Crippen LogP contribution >= 0.6 is 0 Å². The first kappa shape index (κ1) is 29.5. The molecule has 1 aliphatic carbocycles. The number of amides is 2. The molecule has 1 saturated carbocycles. The van der Waals surface area contributed by atoms with Crippen LogP contribution in [0.1, 0.15) is 62.1 Å². The van der Waals surface area contributed by atoms with Crippen molar-refractivity contribution in [1.29, 1.82) is 0 Å². The maximum atomic E-state index is 14.2. The van der Waals surface area contributed by atoms with Crippen molar-refractivity contribution >= 4 is 6.03 Å². The largest absolute Gasteiger partial charge is 0.324 e. The van der Waals surface area contributed by atoms with E-state index in [4.69, 9.17) is 0 Å². The Bertz CT molecular complexity index is 1510. The number of aryl methyl sites for hydroxylation is 1. The van der Waals surface area contributed by atoms with Gasteiger partial charge in [-0.25, -0.2) is 18.6 Å². The molecule has 1 N–H and O–H groups in total. The van der Waals surface area contributed by atoms with Crippen LogP contribution in [0.5, 0.6) is 0 Å². The second-order valence-electron chi connectivity index (χ2n) is 12.8. The van der Waals surface area contributed by atoms with Crippen LogP contribution in [0, 0.1) is 29.9 Å². The van der Waals surface area contributed by atoms with Crippen LogP contribution < -0.4 is 10.9 Å². The molecule has 2 saturated heterocycles. The summed E-state index contributed by atoms with van der Waals surface area (Å²) in [4.78, 5) is 35.8. The predicted molar refractivity (Wildman–Crippen MR) is 163 cm³/mol. The number of halogens is 2. The van der Waals surface area contributed by atoms with Crippen molar-refractivity contribution < 1.29 is 13.6 Å². The van der Waals surface area contributed by atoms with Crippen molar-refractivity contribution in [2.24, 2.45) is 11.3 Å². The molecule has 2 amide bonds. The monoisotopic (exact) mass is 589 g/mol. The lowest BCUT2D eigenvalue weighted by atomic mass is 9.69. The van der Waals surface area contributed by atoms with Gasteiger partial charge in [0.2, 0.25) is 0 Å². The molecule has 1 spiro atoms. The molecule has 228 valence electrons. The first-order valence-electron chi connectivity index (χ1n) is 15.6. The van der Waals surface area contributed by atoms with Gasteiger partial charge in [0.05, 0.1) is 18.1 Å². The van der Waals surface area contributed by atoms with E-state index >= 15 is 0 Å². The molecule has 3 aliphatic rings. The van der Waals surface area contributed by atoms with Crippen molar-refractivity contribution in [3.63, 3.8) is 0 Å². The maximum Gasteiger partial charge on any atom is 0.320 e. The number of nitrogens with one attached hydrogen (secondary N) is 1. The molecule has 1 aromatic heterocycles. The SMILES string of the molecule is CN[C@@H]1CCN(C(=O)N2CC[C@@H](Cn3cnc(-c4ccccc4C)cc3=O)C3(CCCC3)C2)[C@H](c2cc(F)cc(F)c2)C1. The Balaban J connectivity index is 1.21. The summed E-state index contributed by atoms with van der Waals surface area (Å²) in [6.07, 6.45) is 8.11. The Morgan fingerprint density at radius 3 is 2.49 bits per heavy atom. The van der Waals surface area contributed by atoms with Gasteiger partial charge in [-0.1, -0.05) is 37.1 Å². The third-order valence-corrected chi connectivity index (χ3v) is 10.2. The molecule has 3 fully saturated rings. The number of piperidine rings is 2. The number of rotatable bonds is 5. The van der Waals surface area contributed by atoms with Crippen molar-refractivity contribution in [2.75, 3.05) is 26.7 Å². The molecule has 0 bridgehead atoms. The van der Waals surface area contributed by atoms with Crippen molar-refractivity contribution in [1.82, 2.24) is 24.7 Å². The minimum Gasteiger partial charge on any atom is -0.324 e. The molecular weight excluding hydrogens is 548 g/mol. The Kier molecular flexibility index (Phi) is 8.36. The molecule has 2 aliphatic heterocycles. The quantitative estimate of drug-likeness (QED) is 0.401. The first-order chi connectivity index (χ1) is 20.8. The average Bonchev–Trinajstić information content (AvgIpc) is 3.47. The topological polar surface area (TPSA) is 70.5 Å². The molecule has 0 unspecified atom stereocenters. The van der Waals surface area contributed by atoms with Gasteiger partial charge in [-0.15, -0.1) is 0 Å². The van der Waals surface area contributed by atoms with Crippen molar-refractivity contribution in [2.45, 2.75) is 70.5 Å². The smallest absolute Gasteiger partial charge is 0.320 e. The number of carbonyl (C=O) groups is 1. The Hall–Kier alpha value is -3.59. The van der Waals surface area contributed by atoms with Crippen LogP contribution in [0.25, 0.3) is 11.3 Å². The zero-order valence-electron chi connectivity index (χ0n) is 25.1. The minimum absolute atomic E-state index is 0.0579. The number of carbonyl (C=O) groups excluding carboxylic acids is 1. The van der Waals surface area contributed by atoms with E-state index in [0.29, 0.717) is 43.9 Å². The van der Waals surface area contributed by atoms with E-state index in [1.807, 2.05) is 48.0 Å². The fraction of sp³-hybridized carbons (Fsp3) is 0.500. The molecule has 3 heterocycles. The molecule has 2 aromatic carbocycles. The Morgan fingerprint density at radius 1 is 1.05 bits per heavy atom. The van der Waals surface area contributed by atoms with Gasteiger partial charge in [0, 0.05) is 49.9 Å². The zero-order chi connectivity index (χ0) is 30.1. The van der Waals surface area contributed by atoms with Gasteiger partial charge in [0.25, 0.3) is 5.56 Å². The van der Waals surface area contributed by atoms with Gasteiger partial charge < -0.3 is 15.1 Å². The number of hydrogen-bond donors (Lipinski definition) is 1. The van der Waals surface area contributed by atoms with Crippen LogP contribution in [0.4, 0.5) is 13.6 Å². The van der Waals surface area contributed by atoms with Crippen LogP contribution in [0.2, 0.25) is 0 Å². The van der Waals surface area contributed by atoms with Crippen LogP contribution in [-0.2, 0) is 6.54 Å². The van der Waals surface area contributed by atoms with Crippen molar-refractivity contribution in [3.05, 3.63) is 88.0 Å². The molecule has 6 rings (SSSR count). The van der Waals surface area contributed by atoms with E-state index in [1.54, 1.807) is 17.0 Å². The zero-order valence-corrected chi connectivity index (χ0v) is 25.1. The molecule has 0 radical (unpaired) electrons. The minimum atomic E-state index is -0.628. The van der Waals surface area contributed by atoms with E-state index in [1.165, 1.54) is 12.1 Å². The van der Waals surface area contributed by atoms with Gasteiger partial charge in [-0.05, 0) is 80.7 Å². The summed E-state index contributed by atoms with van der Waals surface area (Å²) in [5.74, 6) is -1.00. The second-order valence-corrected chi connectivity index (χ2v) is 12.8. The summed E-state index contributed by atoms with van der Waals surface area (Å²) in [7, 11) is 1.89. The van der Waals surface area contributed by atoms with Gasteiger partial charge >= 0.3 is 6.03 Å². The molecule has 9 heteroatoms. The predicted octanol–water partition coefficient (Wildman–Crippen LogP) is 5.92. The summed E-state index contributed by atoms with van der Waals surface area (Å²) < 4.78 is 30.2. The highest BCUT2D eigenvalue weighted by Crippen LogP contribution is 2.49. The number of aromatic nitrogens is 2. The fourth-order valence-electron chi connectivity index (χ4n) is 7.83. The highest BCUT2D eigenvalue weighted by atomic mass is 19.1. The normalized spacial score (nSPS) is 23.6. The summed E-state index contributed by atoms with van der Waals surface area (Å²) in [5, 5.41) is 3.29. The van der Waals surface area contributed by atoms with Gasteiger partial charge in [0.1, 0.15) is 11.6 Å². The van der Waals surface area contributed by atoms with Gasteiger partial charge in [-0.2, -0.15) is 0 Å². The average molecular weight is 590 g/mol. The third-order valence-electron chi connectivity index (χ3n) is 10.2. The summed E-state index contributed by atoms with van der Waals surface area (Å²) >= 11 is 0. The van der Waals surface area contributed by atoms with Gasteiger partial charge in [0.15, 0.2) is 0 Å². The number of urea groups is 1. The highest BCUT2D eigenvalue weighted by molar-refractivity contribution is 5.75. The molecular formula is C34H41F2N5O2. The number of likely N-dealkylation sites (tertiary alicyclic amines) is 2. The van der Waals surface area contributed by atoms with E-state index in [2.05, 4.69) is 10.3 Å². The number of nitrogens with zero attached hydrogens (tertiary/aromatic N) is 4. The summed E-state index contributed by atoms with van der Waals surface area (Å²) in [6, 6.07) is 12.8. The maximum absolute atomic E-state index is 14.2. The van der Waals surface area contributed by atoms with Crippen LogP contribution in [0.15, 0.2) is 59.7 Å². The lowest BCUT2D eigenvalue weighted by Crippen LogP contribution is -2.56. The Morgan fingerprint density at radius 2 is 1.79 bits per heavy atom. The molecule has 43 heavy (non-hydrogen) atoms. The molecule has 3 aromatic rings. The lowest BCUT2D eigenvalue weighted by molar-refractivity contribution is 0.0207. The fourth-order valence-corrected chi connectivity index (χ4v) is 7.83. The molecule has 7 nitrogen and oxygen atoms in total. The lowest BCUT2D eigenvalue weighted by Gasteiger charge is -2.49. The Labute approximate surface area is 251 Å². The first-order valence-corrected chi connectivity index (χ1v) is 15.6. The highest BCUT2D eigenvalue weighted by Gasteiger charge is 2.47. The second kappa shape index (κ2) is 12.2. The summed E-state index contributed by atoms with van der Waals surface area (Å²) in [6.45, 7) is 4.35. The number of benzene rings is 2. The van der Waals surface area contributed by atoms with E-state index in [0.717, 1.165) is 55.7 Å². The summed E-state index contributed by atoms with van der Waals surface area (Å²) in [5.41, 5.74) is 3.10. The standard InChI is InChI=1S/C34H41F2N5O2/c1-23-7-3-4-8-29(23)30-19-32(42)40(22-38-30)20-25-9-13-39(21-34(25)11-5-6-12-34)33(43)41-14-10-28(37-2)18-31(41)24-15-26(35)17-27(36)16-24/h3-4,7-8,15-17,19,22,25,28,31,37H,5-6,9-14,18,20-21H2,1-2H3/t25-,28+,31-/m0/s1. The van der Waals surface area contributed by atoms with E-state index in [9.17, 15) is 18.4 Å².